The number of fused-ring (bicyclic) bond motifs is 2. The SMILES string of the molecule is CC(C)N=c1cc2n(-c3ccc(Cl)cc3)c3ccccc3nc-2c(Br)c1Nc1ccc(Cl)cc1Br. The number of nitrogens with one attached hydrogen (secondary N) is 1. The molecule has 35 heavy (non-hydrogen) atoms. The first-order valence-corrected chi connectivity index (χ1v) is 13.3. The van der Waals surface area contributed by atoms with E-state index in [4.69, 9.17) is 33.2 Å². The maximum Gasteiger partial charge on any atom is 0.104 e. The highest BCUT2D eigenvalue weighted by Gasteiger charge is 2.21. The predicted octanol–water partition coefficient (Wildman–Crippen LogP) is 9.01. The van der Waals surface area contributed by atoms with Crippen molar-refractivity contribution in [3.05, 3.63) is 97.1 Å². The van der Waals surface area contributed by atoms with Gasteiger partial charge in [0, 0.05) is 26.2 Å². The third-order valence-corrected chi connectivity index (χ3v) is 7.38. The van der Waals surface area contributed by atoms with Crippen LogP contribution in [0.25, 0.3) is 28.1 Å². The first-order valence-electron chi connectivity index (χ1n) is 11.0. The average molecular weight is 631 g/mol. The van der Waals surface area contributed by atoms with Crippen molar-refractivity contribution in [1.29, 1.82) is 0 Å². The van der Waals surface area contributed by atoms with Crippen LogP contribution in [0.15, 0.2) is 86.7 Å². The molecule has 0 bridgehead atoms. The van der Waals surface area contributed by atoms with Gasteiger partial charge in [-0.15, -0.1) is 0 Å². The molecule has 0 amide bonds. The van der Waals surface area contributed by atoms with Gasteiger partial charge in [-0.25, -0.2) is 4.98 Å². The van der Waals surface area contributed by atoms with Crippen LogP contribution >= 0.6 is 55.1 Å². The van der Waals surface area contributed by atoms with Gasteiger partial charge in [-0.1, -0.05) is 35.3 Å². The van der Waals surface area contributed by atoms with Gasteiger partial charge in [0.2, 0.25) is 0 Å². The summed E-state index contributed by atoms with van der Waals surface area (Å²) in [5.74, 6) is 0. The van der Waals surface area contributed by atoms with Crippen LogP contribution in [0.5, 0.6) is 0 Å². The molecule has 0 aromatic heterocycles. The van der Waals surface area contributed by atoms with E-state index in [0.717, 1.165) is 53.8 Å². The van der Waals surface area contributed by atoms with Crippen LogP contribution in [0.2, 0.25) is 10.0 Å². The van der Waals surface area contributed by atoms with E-state index < -0.39 is 0 Å². The number of hydrogen-bond donors (Lipinski definition) is 1. The van der Waals surface area contributed by atoms with Crippen LogP contribution in [0.3, 0.4) is 0 Å². The van der Waals surface area contributed by atoms with Gasteiger partial charge in [0.15, 0.2) is 0 Å². The lowest BCUT2D eigenvalue weighted by Gasteiger charge is -2.22. The van der Waals surface area contributed by atoms with E-state index >= 15 is 0 Å². The van der Waals surface area contributed by atoms with E-state index in [1.807, 2.05) is 60.7 Å². The summed E-state index contributed by atoms with van der Waals surface area (Å²) in [6.07, 6.45) is 0. The number of anilines is 2. The zero-order valence-corrected chi connectivity index (χ0v) is 23.5. The Labute approximate surface area is 230 Å². The third kappa shape index (κ3) is 4.85. The van der Waals surface area contributed by atoms with Crippen molar-refractivity contribution in [3.8, 4) is 17.1 Å². The summed E-state index contributed by atoms with van der Waals surface area (Å²) in [7, 11) is 0. The molecule has 3 aromatic carbocycles. The third-order valence-electron chi connectivity index (χ3n) is 5.47. The predicted molar refractivity (Wildman–Crippen MR) is 154 cm³/mol. The number of nitrogens with zero attached hydrogens (tertiary/aromatic N) is 3. The van der Waals surface area contributed by atoms with Gasteiger partial charge in [0.1, 0.15) is 5.69 Å². The lowest BCUT2D eigenvalue weighted by atomic mass is 10.1. The van der Waals surface area contributed by atoms with E-state index in [-0.39, 0.29) is 6.04 Å². The smallest absolute Gasteiger partial charge is 0.104 e. The summed E-state index contributed by atoms with van der Waals surface area (Å²) in [5, 5.41) is 5.70. The molecule has 0 saturated carbocycles. The van der Waals surface area contributed by atoms with Crippen LogP contribution < -0.4 is 10.7 Å². The second-order valence-corrected chi connectivity index (χ2v) is 10.9. The second-order valence-electron chi connectivity index (χ2n) is 8.34. The van der Waals surface area contributed by atoms with Gasteiger partial charge >= 0.3 is 0 Å². The van der Waals surface area contributed by atoms with E-state index in [0.29, 0.717) is 10.0 Å². The Bertz CT molecular complexity index is 1590. The molecule has 8 heteroatoms. The summed E-state index contributed by atoms with van der Waals surface area (Å²) >= 11 is 19.8. The minimum absolute atomic E-state index is 0.0888. The molecule has 1 aliphatic carbocycles. The molecule has 0 fully saturated rings. The Kier molecular flexibility index (Phi) is 6.91. The summed E-state index contributed by atoms with van der Waals surface area (Å²) in [6, 6.07) is 23.7. The number of halogens is 4. The molecule has 4 nitrogen and oxygen atoms in total. The highest BCUT2D eigenvalue weighted by atomic mass is 79.9. The van der Waals surface area contributed by atoms with Crippen molar-refractivity contribution in [2.24, 2.45) is 4.99 Å². The molecular weight excluding hydrogens is 611 g/mol. The number of rotatable bonds is 4. The Morgan fingerprint density at radius 2 is 1.63 bits per heavy atom. The monoisotopic (exact) mass is 628 g/mol. The van der Waals surface area contributed by atoms with Crippen LogP contribution in [0.1, 0.15) is 13.8 Å². The molecular formula is C27H20Br2Cl2N4. The fraction of sp³-hybridized carbons (Fsp3) is 0.111. The molecule has 2 aliphatic rings. The van der Waals surface area contributed by atoms with Crippen LogP contribution in [-0.4, -0.2) is 15.6 Å². The molecule has 176 valence electrons. The van der Waals surface area contributed by atoms with Gasteiger partial charge < -0.3 is 9.88 Å². The lowest BCUT2D eigenvalue weighted by molar-refractivity contribution is 0.805. The summed E-state index contributed by atoms with van der Waals surface area (Å²) < 4.78 is 3.88. The Morgan fingerprint density at radius 1 is 0.914 bits per heavy atom. The van der Waals surface area contributed by atoms with Crippen molar-refractivity contribution < 1.29 is 0 Å². The molecule has 0 unspecified atom stereocenters. The number of benzene rings is 4. The standard InChI is InChI=1S/C27H20Br2Cl2N4/c1-15(2)32-22-14-24-27(25(29)26(22)33-20-12-9-17(31)13-19(20)28)34-21-5-3-4-6-23(21)35(24)18-10-7-16(30)8-11-18/h3-15,33H,1-2H3. The van der Waals surface area contributed by atoms with E-state index in [9.17, 15) is 0 Å². The van der Waals surface area contributed by atoms with E-state index in [1.54, 1.807) is 0 Å². The topological polar surface area (TPSA) is 42.2 Å². The van der Waals surface area contributed by atoms with Crippen LogP contribution in [-0.2, 0) is 0 Å². The molecule has 0 saturated heterocycles. The maximum absolute atomic E-state index is 6.20. The van der Waals surface area contributed by atoms with Crippen molar-refractivity contribution in [1.82, 2.24) is 9.55 Å². The van der Waals surface area contributed by atoms with Gasteiger partial charge in [-0.3, -0.25) is 4.99 Å². The van der Waals surface area contributed by atoms with E-state index in [1.165, 1.54) is 0 Å². The first kappa shape index (κ1) is 24.3. The normalized spacial score (nSPS) is 12.1. The molecule has 5 rings (SSSR count). The molecule has 3 aromatic rings. The molecule has 0 atom stereocenters. The van der Waals surface area contributed by atoms with Gasteiger partial charge in [0.25, 0.3) is 0 Å². The maximum atomic E-state index is 6.20. The zero-order valence-electron chi connectivity index (χ0n) is 18.9. The molecule has 0 radical (unpaired) electrons. The molecule has 0 spiro atoms. The Morgan fingerprint density at radius 3 is 2.34 bits per heavy atom. The fourth-order valence-electron chi connectivity index (χ4n) is 3.98. The van der Waals surface area contributed by atoms with Crippen molar-refractivity contribution in [2.45, 2.75) is 19.9 Å². The average Bonchev–Trinajstić information content (AvgIpc) is 2.82. The van der Waals surface area contributed by atoms with Crippen molar-refractivity contribution >= 4 is 77.5 Å². The summed E-state index contributed by atoms with van der Waals surface area (Å²) in [4.78, 5) is 9.98. The van der Waals surface area contributed by atoms with Crippen molar-refractivity contribution in [3.63, 3.8) is 0 Å². The Hall–Kier alpha value is -2.38. The minimum Gasteiger partial charge on any atom is -0.352 e. The minimum atomic E-state index is 0.0888. The highest BCUT2D eigenvalue weighted by molar-refractivity contribution is 9.11. The number of hydrogen-bond acceptors (Lipinski definition) is 3. The van der Waals surface area contributed by atoms with Crippen molar-refractivity contribution in [2.75, 3.05) is 5.32 Å². The first-order chi connectivity index (χ1) is 16.8. The van der Waals surface area contributed by atoms with E-state index in [2.05, 4.69) is 67.7 Å². The highest BCUT2D eigenvalue weighted by Crippen LogP contribution is 2.38. The number of para-hydroxylation sites is 2. The lowest BCUT2D eigenvalue weighted by Crippen LogP contribution is -2.18. The molecule has 1 aliphatic heterocycles. The largest absolute Gasteiger partial charge is 0.352 e. The van der Waals surface area contributed by atoms with Crippen LogP contribution in [0, 0.1) is 0 Å². The van der Waals surface area contributed by atoms with Gasteiger partial charge in [-0.2, -0.15) is 0 Å². The second kappa shape index (κ2) is 9.94. The fourth-order valence-corrected chi connectivity index (χ4v) is 5.48. The molecule has 1 heterocycles. The van der Waals surface area contributed by atoms with Gasteiger partial charge in [0.05, 0.1) is 37.9 Å². The molecule has 1 N–H and O–H groups in total. The Balaban J connectivity index is 1.86. The quantitative estimate of drug-likeness (QED) is 0.201. The number of aromatic nitrogens is 2. The summed E-state index contributed by atoms with van der Waals surface area (Å²) in [6.45, 7) is 4.12. The summed E-state index contributed by atoms with van der Waals surface area (Å²) in [5.41, 5.74) is 6.31. The van der Waals surface area contributed by atoms with Gasteiger partial charge in [-0.05, 0) is 106 Å². The van der Waals surface area contributed by atoms with Crippen LogP contribution in [0.4, 0.5) is 11.4 Å². The zero-order chi connectivity index (χ0) is 24.7.